The van der Waals surface area contributed by atoms with Crippen molar-refractivity contribution < 1.29 is 14.3 Å². The minimum atomic E-state index is -0.907. The van der Waals surface area contributed by atoms with Gasteiger partial charge in [0.2, 0.25) is 5.91 Å². The van der Waals surface area contributed by atoms with Crippen LogP contribution in [0.3, 0.4) is 0 Å². The Morgan fingerprint density at radius 3 is 2.58 bits per heavy atom. The Morgan fingerprint density at radius 2 is 2.00 bits per heavy atom. The summed E-state index contributed by atoms with van der Waals surface area (Å²) in [6, 6.07) is 9.83. The molecule has 0 aromatic heterocycles. The zero-order chi connectivity index (χ0) is 13.9. The molecule has 19 heavy (non-hydrogen) atoms. The van der Waals surface area contributed by atoms with Gasteiger partial charge in [-0.1, -0.05) is 30.3 Å². The van der Waals surface area contributed by atoms with Crippen LogP contribution in [0.2, 0.25) is 0 Å². The van der Waals surface area contributed by atoms with Gasteiger partial charge in [-0.05, 0) is 5.56 Å². The van der Waals surface area contributed by atoms with Crippen molar-refractivity contribution in [2.75, 3.05) is 27.6 Å². The molecule has 1 aromatic carbocycles. The summed E-state index contributed by atoms with van der Waals surface area (Å²) in [6.07, 6.45) is 0. The lowest BCUT2D eigenvalue weighted by atomic mass is 10.1. The molecule has 0 spiro atoms. The van der Waals surface area contributed by atoms with Gasteiger partial charge in [0.15, 0.2) is 0 Å². The quantitative estimate of drug-likeness (QED) is 0.732. The van der Waals surface area contributed by atoms with Crippen molar-refractivity contribution in [1.29, 1.82) is 0 Å². The standard InChI is InChI=1S/C14H20N2O3/c1-18-8-11-12(10-6-4-3-5-7-10)14(11,15)13(17)16-9-19-2/h3-7,11-12H,8-9,15H2,1-2H3,(H,16,17). The number of methoxy groups -OCH3 is 2. The molecule has 1 aliphatic carbocycles. The van der Waals surface area contributed by atoms with E-state index in [1.165, 1.54) is 7.11 Å². The number of hydrogen-bond donors (Lipinski definition) is 2. The zero-order valence-corrected chi connectivity index (χ0v) is 11.3. The molecule has 1 aromatic rings. The lowest BCUT2D eigenvalue weighted by Gasteiger charge is -2.12. The van der Waals surface area contributed by atoms with Gasteiger partial charge in [-0.15, -0.1) is 0 Å². The Hall–Kier alpha value is -1.43. The van der Waals surface area contributed by atoms with Crippen molar-refractivity contribution in [2.45, 2.75) is 11.5 Å². The highest BCUT2D eigenvalue weighted by Crippen LogP contribution is 2.55. The summed E-state index contributed by atoms with van der Waals surface area (Å²) in [5.74, 6) is -0.201. The molecule has 3 N–H and O–H groups in total. The predicted octanol–water partition coefficient (Wildman–Crippen LogP) is 0.464. The van der Waals surface area contributed by atoms with Crippen LogP contribution in [0, 0.1) is 5.92 Å². The fourth-order valence-corrected chi connectivity index (χ4v) is 2.66. The van der Waals surface area contributed by atoms with Crippen LogP contribution in [0.5, 0.6) is 0 Å². The van der Waals surface area contributed by atoms with Gasteiger partial charge >= 0.3 is 0 Å². The van der Waals surface area contributed by atoms with Gasteiger partial charge in [0.25, 0.3) is 0 Å². The number of carbonyl (C=O) groups is 1. The van der Waals surface area contributed by atoms with E-state index in [0.717, 1.165) is 5.56 Å². The SMILES string of the molecule is COCNC(=O)C1(N)C(COC)C1c1ccccc1. The summed E-state index contributed by atoms with van der Waals surface area (Å²) in [6.45, 7) is 0.634. The van der Waals surface area contributed by atoms with E-state index in [2.05, 4.69) is 5.32 Å². The number of amides is 1. The molecule has 5 nitrogen and oxygen atoms in total. The lowest BCUT2D eigenvalue weighted by Crippen LogP contribution is -2.46. The number of rotatable bonds is 6. The van der Waals surface area contributed by atoms with Crippen molar-refractivity contribution >= 4 is 5.91 Å². The van der Waals surface area contributed by atoms with Gasteiger partial charge in [-0.25, -0.2) is 0 Å². The average Bonchev–Trinajstić information content (AvgIpc) is 3.04. The second-order valence-corrected chi connectivity index (χ2v) is 4.82. The van der Waals surface area contributed by atoms with Crippen LogP contribution in [-0.4, -0.2) is 39.0 Å². The van der Waals surface area contributed by atoms with Crippen LogP contribution in [0.15, 0.2) is 30.3 Å². The van der Waals surface area contributed by atoms with Crippen LogP contribution in [0.25, 0.3) is 0 Å². The molecule has 0 heterocycles. The summed E-state index contributed by atoms with van der Waals surface area (Å²) in [5.41, 5.74) is 6.45. The van der Waals surface area contributed by atoms with E-state index in [1.807, 2.05) is 30.3 Å². The van der Waals surface area contributed by atoms with Gasteiger partial charge in [-0.2, -0.15) is 0 Å². The summed E-state index contributed by atoms with van der Waals surface area (Å²) in [5, 5.41) is 2.68. The normalized spacial score (nSPS) is 29.0. The van der Waals surface area contributed by atoms with Crippen molar-refractivity contribution in [1.82, 2.24) is 5.32 Å². The molecular formula is C14H20N2O3. The Bertz CT molecular complexity index is 438. The number of benzene rings is 1. The molecule has 0 saturated heterocycles. The molecule has 3 unspecified atom stereocenters. The highest BCUT2D eigenvalue weighted by atomic mass is 16.5. The van der Waals surface area contributed by atoms with Gasteiger partial charge in [0.05, 0.1) is 6.61 Å². The first kappa shape index (κ1) is 14.0. The topological polar surface area (TPSA) is 73.6 Å². The van der Waals surface area contributed by atoms with Crippen molar-refractivity contribution in [3.63, 3.8) is 0 Å². The largest absolute Gasteiger partial charge is 0.384 e. The molecule has 0 bridgehead atoms. The molecule has 1 fully saturated rings. The van der Waals surface area contributed by atoms with Gasteiger partial charge < -0.3 is 20.5 Å². The van der Waals surface area contributed by atoms with Crippen molar-refractivity contribution in [3.8, 4) is 0 Å². The second-order valence-electron chi connectivity index (χ2n) is 4.82. The Kier molecular flexibility index (Phi) is 4.19. The number of nitrogens with one attached hydrogen (secondary N) is 1. The molecule has 1 amide bonds. The van der Waals surface area contributed by atoms with Crippen LogP contribution >= 0.6 is 0 Å². The zero-order valence-electron chi connectivity index (χ0n) is 11.3. The minimum absolute atomic E-state index is 0.00300. The third-order valence-electron chi connectivity index (χ3n) is 3.70. The summed E-state index contributed by atoms with van der Waals surface area (Å²) >= 11 is 0. The van der Waals surface area contributed by atoms with Crippen LogP contribution in [0.1, 0.15) is 11.5 Å². The van der Waals surface area contributed by atoms with E-state index in [1.54, 1.807) is 7.11 Å². The summed E-state index contributed by atoms with van der Waals surface area (Å²) in [4.78, 5) is 12.2. The third-order valence-corrected chi connectivity index (χ3v) is 3.70. The Labute approximate surface area is 113 Å². The van der Waals surface area contributed by atoms with Crippen LogP contribution in [0.4, 0.5) is 0 Å². The second kappa shape index (κ2) is 5.69. The summed E-state index contributed by atoms with van der Waals surface area (Å²) < 4.78 is 10.0. The third kappa shape index (κ3) is 2.49. The van der Waals surface area contributed by atoms with Gasteiger partial charge in [0.1, 0.15) is 12.3 Å². The number of nitrogens with two attached hydrogens (primary N) is 1. The van der Waals surface area contributed by atoms with E-state index in [-0.39, 0.29) is 24.5 Å². The maximum Gasteiger partial charge on any atom is 0.242 e. The van der Waals surface area contributed by atoms with E-state index in [9.17, 15) is 4.79 Å². The molecule has 1 saturated carbocycles. The van der Waals surface area contributed by atoms with Gasteiger partial charge in [-0.3, -0.25) is 4.79 Å². The smallest absolute Gasteiger partial charge is 0.242 e. The number of carbonyl (C=O) groups excluding carboxylic acids is 1. The molecular weight excluding hydrogens is 244 g/mol. The minimum Gasteiger partial charge on any atom is -0.384 e. The molecule has 0 aliphatic heterocycles. The van der Waals surface area contributed by atoms with Crippen LogP contribution < -0.4 is 11.1 Å². The maximum absolute atomic E-state index is 12.2. The van der Waals surface area contributed by atoms with Crippen LogP contribution in [-0.2, 0) is 14.3 Å². The lowest BCUT2D eigenvalue weighted by molar-refractivity contribution is -0.125. The number of hydrogen-bond acceptors (Lipinski definition) is 4. The maximum atomic E-state index is 12.2. The molecule has 3 atom stereocenters. The average molecular weight is 264 g/mol. The van der Waals surface area contributed by atoms with Crippen molar-refractivity contribution in [3.05, 3.63) is 35.9 Å². The van der Waals surface area contributed by atoms with Crippen molar-refractivity contribution in [2.24, 2.45) is 11.7 Å². The molecule has 1 aliphatic rings. The first-order valence-corrected chi connectivity index (χ1v) is 6.26. The van der Waals surface area contributed by atoms with E-state index in [0.29, 0.717) is 6.61 Å². The van der Waals surface area contributed by atoms with E-state index < -0.39 is 5.54 Å². The highest BCUT2D eigenvalue weighted by molar-refractivity contribution is 5.92. The fraction of sp³-hybridized carbons (Fsp3) is 0.500. The monoisotopic (exact) mass is 264 g/mol. The van der Waals surface area contributed by atoms with E-state index >= 15 is 0 Å². The highest BCUT2D eigenvalue weighted by Gasteiger charge is 2.67. The predicted molar refractivity (Wildman–Crippen MR) is 71.5 cm³/mol. The Balaban J connectivity index is 2.16. The fourth-order valence-electron chi connectivity index (χ4n) is 2.66. The van der Waals surface area contributed by atoms with E-state index in [4.69, 9.17) is 15.2 Å². The molecule has 5 heteroatoms. The molecule has 2 rings (SSSR count). The van der Waals surface area contributed by atoms with Gasteiger partial charge in [0, 0.05) is 26.1 Å². The molecule has 104 valence electrons. The first-order chi connectivity index (χ1) is 9.16. The summed E-state index contributed by atoms with van der Waals surface area (Å²) in [7, 11) is 3.14. The first-order valence-electron chi connectivity index (χ1n) is 6.26. The molecule has 0 radical (unpaired) electrons. The number of ether oxygens (including phenoxy) is 2. The Morgan fingerprint density at radius 1 is 1.32 bits per heavy atom.